The van der Waals surface area contributed by atoms with E-state index in [0.717, 1.165) is 31.6 Å². The van der Waals surface area contributed by atoms with Crippen molar-refractivity contribution >= 4 is 24.0 Å². The first-order valence-corrected chi connectivity index (χ1v) is 11.3. The van der Waals surface area contributed by atoms with Crippen molar-refractivity contribution in [3.05, 3.63) is 65.9 Å². The number of amides is 1. The molecule has 1 aromatic carbocycles. The molecule has 0 saturated carbocycles. The monoisotopic (exact) mass is 451 g/mol. The third-order valence-corrected chi connectivity index (χ3v) is 5.17. The van der Waals surface area contributed by atoms with Gasteiger partial charge in [-0.3, -0.25) is 9.80 Å². The summed E-state index contributed by atoms with van der Waals surface area (Å²) in [5.74, 6) is 0.130. The van der Waals surface area contributed by atoms with Crippen LogP contribution in [0.1, 0.15) is 45.2 Å². The summed E-state index contributed by atoms with van der Waals surface area (Å²) in [5.41, 5.74) is 1.38. The van der Waals surface area contributed by atoms with Crippen molar-refractivity contribution in [2.24, 2.45) is 0 Å². The Balaban J connectivity index is 1.76. The smallest absolute Gasteiger partial charge is 0.416 e. The third-order valence-electron chi connectivity index (χ3n) is 5.17. The number of hydrogen-bond donors (Lipinski definition) is 0. The van der Waals surface area contributed by atoms with E-state index in [9.17, 15) is 9.59 Å². The molecule has 1 amide bonds. The van der Waals surface area contributed by atoms with E-state index in [1.807, 2.05) is 45.0 Å². The van der Waals surface area contributed by atoms with Crippen LogP contribution in [0.15, 0.2) is 54.7 Å². The average Bonchev–Trinajstić information content (AvgIpc) is 3.21. The number of carbonyl (C=O) groups excluding carboxylic acids is 2. The van der Waals surface area contributed by atoms with E-state index in [0.29, 0.717) is 12.4 Å². The van der Waals surface area contributed by atoms with Gasteiger partial charge in [0.15, 0.2) is 0 Å². The first-order chi connectivity index (χ1) is 15.7. The van der Waals surface area contributed by atoms with Crippen molar-refractivity contribution in [1.82, 2.24) is 9.88 Å². The summed E-state index contributed by atoms with van der Waals surface area (Å²) in [6, 6.07) is 13.9. The summed E-state index contributed by atoms with van der Waals surface area (Å²) < 4.78 is 10.6. The molecule has 0 spiro atoms. The minimum absolute atomic E-state index is 0.0445. The molecular formula is C26H33N3O4. The van der Waals surface area contributed by atoms with E-state index in [1.54, 1.807) is 30.2 Å². The number of anilines is 1. The lowest BCUT2D eigenvalue weighted by Crippen LogP contribution is -2.45. The van der Waals surface area contributed by atoms with Crippen LogP contribution in [0.25, 0.3) is 6.08 Å². The van der Waals surface area contributed by atoms with E-state index >= 15 is 0 Å². The van der Waals surface area contributed by atoms with Crippen molar-refractivity contribution in [1.29, 1.82) is 0 Å². The first-order valence-electron chi connectivity index (χ1n) is 11.3. The van der Waals surface area contributed by atoms with Gasteiger partial charge in [-0.25, -0.2) is 14.6 Å². The molecule has 7 heteroatoms. The van der Waals surface area contributed by atoms with Crippen molar-refractivity contribution in [3.63, 3.8) is 0 Å². The van der Waals surface area contributed by atoms with E-state index in [-0.39, 0.29) is 6.04 Å². The zero-order chi connectivity index (χ0) is 23.8. The van der Waals surface area contributed by atoms with E-state index < -0.39 is 17.7 Å². The highest BCUT2D eigenvalue weighted by Gasteiger charge is 2.35. The predicted octanol–water partition coefficient (Wildman–Crippen LogP) is 4.67. The highest BCUT2D eigenvalue weighted by molar-refractivity contribution is 5.88. The maximum absolute atomic E-state index is 13.2. The number of benzene rings is 1. The Morgan fingerprint density at radius 3 is 2.58 bits per heavy atom. The van der Waals surface area contributed by atoms with Crippen LogP contribution in [-0.4, -0.2) is 53.3 Å². The molecular weight excluding hydrogens is 418 g/mol. The zero-order valence-corrected chi connectivity index (χ0v) is 19.9. The van der Waals surface area contributed by atoms with E-state index in [2.05, 4.69) is 22.0 Å². The van der Waals surface area contributed by atoms with Crippen molar-refractivity contribution in [3.8, 4) is 0 Å². The molecule has 0 bridgehead atoms. The molecule has 1 saturated heterocycles. The molecule has 1 aliphatic heterocycles. The number of rotatable bonds is 7. The number of likely N-dealkylation sites (tertiary alicyclic amines) is 1. The number of carbonyl (C=O) groups is 2. The third kappa shape index (κ3) is 7.43. The Morgan fingerprint density at radius 1 is 1.18 bits per heavy atom. The Labute approximate surface area is 196 Å². The predicted molar refractivity (Wildman–Crippen MR) is 129 cm³/mol. The fourth-order valence-electron chi connectivity index (χ4n) is 3.74. The molecule has 1 aliphatic rings. The summed E-state index contributed by atoms with van der Waals surface area (Å²) in [5, 5.41) is 0. The lowest BCUT2D eigenvalue weighted by Gasteiger charge is -2.31. The van der Waals surface area contributed by atoms with Crippen LogP contribution >= 0.6 is 0 Å². The molecule has 1 fully saturated rings. The molecule has 3 rings (SSSR count). The Hall–Kier alpha value is -3.19. The molecule has 2 heterocycles. The second-order valence-corrected chi connectivity index (χ2v) is 9.05. The van der Waals surface area contributed by atoms with Crippen molar-refractivity contribution in [2.45, 2.75) is 52.3 Å². The van der Waals surface area contributed by atoms with Crippen molar-refractivity contribution < 1.29 is 19.1 Å². The first kappa shape index (κ1) is 24.5. The number of hydrogen-bond acceptors (Lipinski definition) is 6. The van der Waals surface area contributed by atoms with Crippen LogP contribution in [-0.2, 0) is 20.8 Å². The highest BCUT2D eigenvalue weighted by Crippen LogP contribution is 2.25. The van der Waals surface area contributed by atoms with Crippen LogP contribution in [0.2, 0.25) is 0 Å². The van der Waals surface area contributed by atoms with Crippen LogP contribution in [0.4, 0.5) is 10.6 Å². The summed E-state index contributed by atoms with van der Waals surface area (Å²) in [6.45, 7) is 10.1. The molecule has 0 N–H and O–H groups in total. The molecule has 0 aliphatic carbocycles. The highest BCUT2D eigenvalue weighted by atomic mass is 16.6. The molecule has 176 valence electrons. The van der Waals surface area contributed by atoms with Gasteiger partial charge in [0.05, 0.1) is 12.6 Å². The van der Waals surface area contributed by atoms with Gasteiger partial charge in [-0.05, 0) is 63.5 Å². The second kappa shape index (κ2) is 11.1. The molecule has 1 atom stereocenters. The Kier molecular flexibility index (Phi) is 8.22. The number of ether oxygens (including phenoxy) is 2. The molecule has 2 aromatic rings. The Morgan fingerprint density at radius 2 is 1.94 bits per heavy atom. The van der Waals surface area contributed by atoms with Gasteiger partial charge in [0, 0.05) is 31.9 Å². The van der Waals surface area contributed by atoms with Gasteiger partial charge in [-0.1, -0.05) is 30.3 Å². The minimum Gasteiger partial charge on any atom is -0.463 e. The van der Waals surface area contributed by atoms with Gasteiger partial charge < -0.3 is 9.47 Å². The maximum atomic E-state index is 13.2. The van der Waals surface area contributed by atoms with Crippen LogP contribution in [0.3, 0.4) is 0 Å². The fourth-order valence-corrected chi connectivity index (χ4v) is 3.74. The van der Waals surface area contributed by atoms with E-state index in [4.69, 9.17) is 9.47 Å². The van der Waals surface area contributed by atoms with Gasteiger partial charge in [-0.15, -0.1) is 0 Å². The summed E-state index contributed by atoms with van der Waals surface area (Å²) in [6.07, 6.45) is 5.07. The average molecular weight is 452 g/mol. The summed E-state index contributed by atoms with van der Waals surface area (Å²) >= 11 is 0. The van der Waals surface area contributed by atoms with Gasteiger partial charge >= 0.3 is 12.1 Å². The van der Waals surface area contributed by atoms with Gasteiger partial charge in [0.2, 0.25) is 0 Å². The molecule has 7 nitrogen and oxygen atoms in total. The molecule has 0 unspecified atom stereocenters. The number of nitrogens with zero attached hydrogens (tertiary/aromatic N) is 3. The summed E-state index contributed by atoms with van der Waals surface area (Å²) in [7, 11) is 0. The molecule has 33 heavy (non-hydrogen) atoms. The van der Waals surface area contributed by atoms with Crippen LogP contribution in [0, 0.1) is 0 Å². The molecule has 0 radical (unpaired) electrons. The lowest BCUT2D eigenvalue weighted by molar-refractivity contribution is -0.137. The quantitative estimate of drug-likeness (QED) is 0.450. The fraction of sp³-hybridized carbons (Fsp3) is 0.423. The van der Waals surface area contributed by atoms with Gasteiger partial charge in [0.1, 0.15) is 11.4 Å². The maximum Gasteiger partial charge on any atom is 0.416 e. The van der Waals surface area contributed by atoms with Crippen LogP contribution < -0.4 is 4.90 Å². The lowest BCUT2D eigenvalue weighted by atomic mass is 10.2. The number of aromatic nitrogens is 1. The minimum atomic E-state index is -0.611. The standard InChI is InChI=1S/C26H33N3O4/c1-5-32-24(30)14-12-20-11-13-23(27-17-20)29(25(31)33-26(2,3)4)22-15-16-28(19-22)18-21-9-7-6-8-10-21/h6-14,17,22H,5,15-16,18-19H2,1-4H3/b14-12+/t22-/m1/s1. The number of pyridine rings is 1. The van der Waals surface area contributed by atoms with E-state index in [1.165, 1.54) is 11.6 Å². The van der Waals surface area contributed by atoms with Crippen molar-refractivity contribution in [2.75, 3.05) is 24.6 Å². The van der Waals surface area contributed by atoms with Gasteiger partial charge in [-0.2, -0.15) is 0 Å². The topological polar surface area (TPSA) is 72.0 Å². The SMILES string of the molecule is CCOC(=O)/C=C/c1ccc(N(C(=O)OC(C)(C)C)[C@@H]2CCN(Cc3ccccc3)C2)nc1. The Bertz CT molecular complexity index is 952. The number of esters is 1. The largest absolute Gasteiger partial charge is 0.463 e. The molecule has 1 aromatic heterocycles. The summed E-state index contributed by atoms with van der Waals surface area (Å²) in [4.78, 5) is 33.2. The van der Waals surface area contributed by atoms with Crippen LogP contribution in [0.5, 0.6) is 0 Å². The van der Waals surface area contributed by atoms with Gasteiger partial charge in [0.25, 0.3) is 0 Å². The second-order valence-electron chi connectivity index (χ2n) is 9.05. The zero-order valence-electron chi connectivity index (χ0n) is 19.9. The normalized spacial score (nSPS) is 16.7.